The van der Waals surface area contributed by atoms with E-state index >= 15 is 0 Å². The Balaban J connectivity index is 1.68. The molecule has 1 atom stereocenters. The molecule has 0 aliphatic heterocycles. The highest BCUT2D eigenvalue weighted by atomic mass is 32.1. The van der Waals surface area contributed by atoms with Crippen LogP contribution in [0.1, 0.15) is 33.5 Å². The molecular formula is C18H21NO3S. The van der Waals surface area contributed by atoms with Crippen molar-refractivity contribution >= 4 is 23.2 Å². The summed E-state index contributed by atoms with van der Waals surface area (Å²) in [4.78, 5) is 25.1. The van der Waals surface area contributed by atoms with E-state index in [1.807, 2.05) is 38.1 Å². The van der Waals surface area contributed by atoms with Crippen LogP contribution in [0.2, 0.25) is 0 Å². The summed E-state index contributed by atoms with van der Waals surface area (Å²) in [5.41, 5.74) is 1.24. The first kappa shape index (κ1) is 17.2. The molecule has 5 heteroatoms. The number of ether oxygens (including phenoxy) is 1. The molecule has 2 rings (SSSR count). The Morgan fingerprint density at radius 2 is 1.91 bits per heavy atom. The first-order valence-corrected chi connectivity index (χ1v) is 8.43. The van der Waals surface area contributed by atoms with Gasteiger partial charge in [-0.2, -0.15) is 0 Å². The molecule has 0 unspecified atom stereocenters. The number of rotatable bonds is 7. The van der Waals surface area contributed by atoms with E-state index in [1.54, 1.807) is 6.07 Å². The molecule has 0 saturated carbocycles. The minimum absolute atomic E-state index is 0.0328. The van der Waals surface area contributed by atoms with E-state index in [9.17, 15) is 9.59 Å². The van der Waals surface area contributed by atoms with E-state index in [0.29, 0.717) is 4.88 Å². The van der Waals surface area contributed by atoms with Crippen LogP contribution >= 0.6 is 11.3 Å². The zero-order valence-corrected chi connectivity index (χ0v) is 14.2. The first-order valence-electron chi connectivity index (χ1n) is 7.61. The highest BCUT2D eigenvalue weighted by molar-refractivity contribution is 7.13. The molecular weight excluding hydrogens is 310 g/mol. The molecule has 0 aliphatic carbocycles. The van der Waals surface area contributed by atoms with E-state index in [1.165, 1.54) is 16.9 Å². The van der Waals surface area contributed by atoms with Crippen LogP contribution in [0, 0.1) is 6.92 Å². The number of aryl methyl sites for hydroxylation is 2. The minimum atomic E-state index is -0.449. The van der Waals surface area contributed by atoms with Crippen LogP contribution in [0.15, 0.2) is 42.5 Å². The van der Waals surface area contributed by atoms with Crippen molar-refractivity contribution in [2.75, 3.05) is 6.61 Å². The van der Waals surface area contributed by atoms with Crippen molar-refractivity contribution in [3.05, 3.63) is 57.8 Å². The van der Waals surface area contributed by atoms with Gasteiger partial charge in [-0.25, -0.2) is 4.79 Å². The van der Waals surface area contributed by atoms with Gasteiger partial charge in [-0.3, -0.25) is 4.79 Å². The van der Waals surface area contributed by atoms with Gasteiger partial charge in [0.2, 0.25) is 0 Å². The molecule has 23 heavy (non-hydrogen) atoms. The monoisotopic (exact) mass is 331 g/mol. The Hall–Kier alpha value is -2.14. The lowest BCUT2D eigenvalue weighted by molar-refractivity contribution is -0.124. The number of hydrogen-bond acceptors (Lipinski definition) is 4. The number of carbonyl (C=O) groups is 2. The number of thiophene rings is 1. The van der Waals surface area contributed by atoms with Gasteiger partial charge >= 0.3 is 5.97 Å². The smallest absolute Gasteiger partial charge is 0.348 e. The van der Waals surface area contributed by atoms with Crippen molar-refractivity contribution in [3.63, 3.8) is 0 Å². The lowest BCUT2D eigenvalue weighted by Crippen LogP contribution is -2.36. The van der Waals surface area contributed by atoms with E-state index in [-0.39, 0.29) is 18.6 Å². The van der Waals surface area contributed by atoms with Crippen LogP contribution in [-0.4, -0.2) is 24.5 Å². The molecule has 4 nitrogen and oxygen atoms in total. The third-order valence-electron chi connectivity index (χ3n) is 3.39. The number of hydrogen-bond donors (Lipinski definition) is 1. The SMILES string of the molecule is Cc1ccc(C(=O)OCC(=O)N[C@@H](C)CCc2ccccc2)s1. The summed E-state index contributed by atoms with van der Waals surface area (Å²) >= 11 is 1.36. The van der Waals surface area contributed by atoms with Crippen LogP contribution in [0.3, 0.4) is 0 Å². The zero-order valence-electron chi connectivity index (χ0n) is 13.4. The second-order valence-electron chi connectivity index (χ2n) is 5.48. The summed E-state index contributed by atoms with van der Waals surface area (Å²) in [5.74, 6) is -0.720. The van der Waals surface area contributed by atoms with Crippen LogP contribution < -0.4 is 5.32 Å². The Morgan fingerprint density at radius 3 is 2.57 bits per heavy atom. The van der Waals surface area contributed by atoms with Crippen LogP contribution in [0.4, 0.5) is 0 Å². The summed E-state index contributed by atoms with van der Waals surface area (Å²) in [7, 11) is 0. The Morgan fingerprint density at radius 1 is 1.17 bits per heavy atom. The summed E-state index contributed by atoms with van der Waals surface area (Å²) in [5, 5.41) is 2.85. The maximum Gasteiger partial charge on any atom is 0.348 e. The van der Waals surface area contributed by atoms with Gasteiger partial charge in [0.05, 0.1) is 0 Å². The second kappa shape index (κ2) is 8.48. The molecule has 2 aromatic rings. The molecule has 0 fully saturated rings. The lowest BCUT2D eigenvalue weighted by Gasteiger charge is -2.13. The van der Waals surface area contributed by atoms with Crippen molar-refractivity contribution in [2.45, 2.75) is 32.7 Å². The van der Waals surface area contributed by atoms with Gasteiger partial charge in [-0.1, -0.05) is 30.3 Å². The Labute approximate surface area is 140 Å². The average molecular weight is 331 g/mol. The molecule has 0 spiro atoms. The molecule has 1 heterocycles. The fourth-order valence-corrected chi connectivity index (χ4v) is 2.92. The highest BCUT2D eigenvalue weighted by Gasteiger charge is 2.13. The third-order valence-corrected chi connectivity index (χ3v) is 4.37. The molecule has 0 radical (unpaired) electrons. The van der Waals surface area contributed by atoms with E-state index in [4.69, 9.17) is 4.74 Å². The number of nitrogens with one attached hydrogen (secondary N) is 1. The number of carbonyl (C=O) groups excluding carboxylic acids is 2. The summed E-state index contributed by atoms with van der Waals surface area (Å²) in [6.07, 6.45) is 1.74. The van der Waals surface area contributed by atoms with Gasteiger partial charge < -0.3 is 10.1 Å². The summed E-state index contributed by atoms with van der Waals surface area (Å²) in [6, 6.07) is 13.7. The maximum absolute atomic E-state index is 11.8. The van der Waals surface area contributed by atoms with Crippen molar-refractivity contribution in [3.8, 4) is 0 Å². The van der Waals surface area contributed by atoms with Gasteiger partial charge in [0.15, 0.2) is 6.61 Å². The molecule has 0 bridgehead atoms. The zero-order chi connectivity index (χ0) is 16.7. The van der Waals surface area contributed by atoms with Gasteiger partial charge in [-0.15, -0.1) is 11.3 Å². The normalized spacial score (nSPS) is 11.7. The van der Waals surface area contributed by atoms with Gasteiger partial charge in [0.25, 0.3) is 5.91 Å². The largest absolute Gasteiger partial charge is 0.451 e. The van der Waals surface area contributed by atoms with Gasteiger partial charge in [0.1, 0.15) is 4.88 Å². The third kappa shape index (κ3) is 5.87. The van der Waals surface area contributed by atoms with Crippen molar-refractivity contribution in [1.82, 2.24) is 5.32 Å². The predicted molar refractivity (Wildman–Crippen MR) is 91.7 cm³/mol. The topological polar surface area (TPSA) is 55.4 Å². The number of benzene rings is 1. The van der Waals surface area contributed by atoms with E-state index in [2.05, 4.69) is 17.4 Å². The first-order chi connectivity index (χ1) is 11.0. The van der Waals surface area contributed by atoms with E-state index in [0.717, 1.165) is 17.7 Å². The molecule has 0 saturated heterocycles. The summed E-state index contributed by atoms with van der Waals surface area (Å²) in [6.45, 7) is 3.62. The molecule has 1 aromatic heterocycles. The molecule has 1 amide bonds. The second-order valence-corrected chi connectivity index (χ2v) is 6.77. The van der Waals surface area contributed by atoms with E-state index < -0.39 is 5.97 Å². The van der Waals surface area contributed by atoms with Gasteiger partial charge in [0, 0.05) is 10.9 Å². The average Bonchev–Trinajstić information content (AvgIpc) is 2.98. The van der Waals surface area contributed by atoms with Crippen molar-refractivity contribution in [2.24, 2.45) is 0 Å². The maximum atomic E-state index is 11.8. The molecule has 1 N–H and O–H groups in total. The fraction of sp³-hybridized carbons (Fsp3) is 0.333. The quantitative estimate of drug-likeness (QED) is 0.792. The molecule has 1 aromatic carbocycles. The molecule has 0 aliphatic rings. The lowest BCUT2D eigenvalue weighted by atomic mass is 10.1. The minimum Gasteiger partial charge on any atom is -0.451 e. The number of esters is 1. The highest BCUT2D eigenvalue weighted by Crippen LogP contribution is 2.15. The number of amides is 1. The van der Waals surface area contributed by atoms with Crippen molar-refractivity contribution < 1.29 is 14.3 Å². The fourth-order valence-electron chi connectivity index (χ4n) is 2.16. The van der Waals surface area contributed by atoms with Crippen molar-refractivity contribution in [1.29, 1.82) is 0 Å². The predicted octanol–water partition coefficient (Wildman–Crippen LogP) is 3.35. The molecule has 122 valence electrons. The van der Waals surface area contributed by atoms with Crippen LogP contribution in [0.5, 0.6) is 0 Å². The van der Waals surface area contributed by atoms with Gasteiger partial charge in [-0.05, 0) is 44.4 Å². The Bertz CT molecular complexity index is 651. The van der Waals surface area contributed by atoms with Crippen LogP contribution in [-0.2, 0) is 16.0 Å². The Kier molecular flexibility index (Phi) is 6.35. The summed E-state index contributed by atoms with van der Waals surface area (Å²) < 4.78 is 5.03. The van der Waals surface area contributed by atoms with Crippen LogP contribution in [0.25, 0.3) is 0 Å². The standard InChI is InChI=1S/C18H21NO3S/c1-13(8-10-15-6-4-3-5-7-15)19-17(20)12-22-18(21)16-11-9-14(2)23-16/h3-7,9,11,13H,8,10,12H2,1-2H3,(H,19,20)/t13-/m0/s1.